The second kappa shape index (κ2) is 6.09. The molecule has 0 aliphatic carbocycles. The minimum absolute atomic E-state index is 0.164. The molecule has 7 nitrogen and oxygen atoms in total. The maximum Gasteiger partial charge on any atom is 0.321 e. The smallest absolute Gasteiger partial charge is 0.321 e. The molecule has 18 heavy (non-hydrogen) atoms. The van der Waals surface area contributed by atoms with Gasteiger partial charge in [-0.3, -0.25) is 4.79 Å². The maximum absolute atomic E-state index is 11.8. The molecule has 0 aliphatic heterocycles. The van der Waals surface area contributed by atoms with Gasteiger partial charge in [0.05, 0.1) is 6.61 Å². The monoisotopic (exact) mass is 269 g/mol. The minimum atomic E-state index is -3.95. The van der Waals surface area contributed by atoms with E-state index < -0.39 is 22.5 Å². The molecular weight excluding hydrogens is 258 g/mol. The normalized spacial score (nSPS) is 10.7. The molecular formula is C10H11N3O4S. The SMILES string of the molecule is CCOC(=O)CNS(=O)(=O)c1cccnc1C#N. The van der Waals surface area contributed by atoms with Crippen molar-refractivity contribution in [2.24, 2.45) is 0 Å². The summed E-state index contributed by atoms with van der Waals surface area (Å²) in [6.07, 6.45) is 1.31. The van der Waals surface area contributed by atoms with Crippen LogP contribution in [0.3, 0.4) is 0 Å². The summed E-state index contributed by atoms with van der Waals surface area (Å²) >= 11 is 0. The van der Waals surface area contributed by atoms with Gasteiger partial charge in [0.1, 0.15) is 17.5 Å². The average Bonchev–Trinajstić information content (AvgIpc) is 2.37. The highest BCUT2D eigenvalue weighted by Gasteiger charge is 2.20. The van der Waals surface area contributed by atoms with E-state index in [-0.39, 0.29) is 17.2 Å². The molecule has 0 atom stereocenters. The van der Waals surface area contributed by atoms with Crippen molar-refractivity contribution >= 4 is 16.0 Å². The Bertz CT molecular complexity index is 577. The van der Waals surface area contributed by atoms with Crippen LogP contribution in [0.5, 0.6) is 0 Å². The third kappa shape index (κ3) is 3.51. The molecule has 1 N–H and O–H groups in total. The van der Waals surface area contributed by atoms with E-state index in [1.807, 2.05) is 4.72 Å². The Morgan fingerprint density at radius 2 is 2.33 bits per heavy atom. The summed E-state index contributed by atoms with van der Waals surface area (Å²) in [6.45, 7) is 1.29. The van der Waals surface area contributed by atoms with Gasteiger partial charge in [0.25, 0.3) is 0 Å². The first-order valence-corrected chi connectivity index (χ1v) is 6.50. The molecule has 0 bridgehead atoms. The third-order valence-corrected chi connectivity index (χ3v) is 3.31. The zero-order valence-electron chi connectivity index (χ0n) is 9.58. The standard InChI is InChI=1S/C10H11N3O4S/c1-2-17-10(14)7-13-18(15,16)9-4-3-5-12-8(9)6-11/h3-5,13H,2,7H2,1H3. The van der Waals surface area contributed by atoms with Gasteiger partial charge in [-0.25, -0.2) is 13.4 Å². The second-order valence-electron chi connectivity index (χ2n) is 3.09. The fraction of sp³-hybridized carbons (Fsp3) is 0.300. The molecule has 0 aromatic carbocycles. The van der Waals surface area contributed by atoms with Crippen LogP contribution < -0.4 is 4.72 Å². The molecule has 1 aromatic rings. The number of nitrogens with one attached hydrogen (secondary N) is 1. The molecule has 1 aromatic heterocycles. The lowest BCUT2D eigenvalue weighted by atomic mass is 10.4. The quantitative estimate of drug-likeness (QED) is 0.741. The van der Waals surface area contributed by atoms with Crippen LogP contribution in [0.1, 0.15) is 12.6 Å². The minimum Gasteiger partial charge on any atom is -0.465 e. The number of sulfonamides is 1. The number of esters is 1. The molecule has 0 fully saturated rings. The van der Waals surface area contributed by atoms with Gasteiger partial charge in [0.2, 0.25) is 10.0 Å². The van der Waals surface area contributed by atoms with Crippen LogP contribution in [-0.2, 0) is 19.6 Å². The molecule has 0 aliphatic rings. The van der Waals surface area contributed by atoms with Gasteiger partial charge in [-0.05, 0) is 19.1 Å². The number of pyridine rings is 1. The summed E-state index contributed by atoms with van der Waals surface area (Å²) in [7, 11) is -3.95. The van der Waals surface area contributed by atoms with E-state index >= 15 is 0 Å². The first-order valence-electron chi connectivity index (χ1n) is 5.01. The Labute approximate surface area is 104 Å². The lowest BCUT2D eigenvalue weighted by molar-refractivity contribution is -0.141. The predicted octanol–water partition coefficient (Wildman–Crippen LogP) is -0.205. The van der Waals surface area contributed by atoms with Crippen molar-refractivity contribution in [2.75, 3.05) is 13.2 Å². The topological polar surface area (TPSA) is 109 Å². The Hall–Kier alpha value is -1.98. The number of nitriles is 1. The van der Waals surface area contributed by atoms with Crippen molar-refractivity contribution in [1.29, 1.82) is 5.26 Å². The Morgan fingerprint density at radius 3 is 2.94 bits per heavy atom. The van der Waals surface area contributed by atoms with E-state index in [9.17, 15) is 13.2 Å². The highest BCUT2D eigenvalue weighted by molar-refractivity contribution is 7.89. The van der Waals surface area contributed by atoms with Gasteiger partial charge in [-0.2, -0.15) is 9.98 Å². The second-order valence-corrected chi connectivity index (χ2v) is 4.83. The van der Waals surface area contributed by atoms with Crippen LogP contribution in [-0.4, -0.2) is 32.5 Å². The number of aromatic nitrogens is 1. The number of hydrogen-bond acceptors (Lipinski definition) is 6. The number of hydrogen-bond donors (Lipinski definition) is 1. The van der Waals surface area contributed by atoms with Crippen LogP contribution in [0.25, 0.3) is 0 Å². The van der Waals surface area contributed by atoms with E-state index in [4.69, 9.17) is 5.26 Å². The van der Waals surface area contributed by atoms with Crippen LogP contribution >= 0.6 is 0 Å². The number of nitrogens with zero attached hydrogens (tertiary/aromatic N) is 2. The lowest BCUT2D eigenvalue weighted by Gasteiger charge is -2.06. The zero-order valence-corrected chi connectivity index (χ0v) is 10.4. The van der Waals surface area contributed by atoms with Crippen molar-refractivity contribution in [1.82, 2.24) is 9.71 Å². The molecule has 0 amide bonds. The van der Waals surface area contributed by atoms with E-state index in [0.29, 0.717) is 0 Å². The molecule has 0 saturated heterocycles. The van der Waals surface area contributed by atoms with Gasteiger partial charge in [-0.1, -0.05) is 0 Å². The van der Waals surface area contributed by atoms with E-state index in [2.05, 4.69) is 9.72 Å². The Morgan fingerprint density at radius 1 is 1.61 bits per heavy atom. The molecule has 96 valence electrons. The number of rotatable bonds is 5. The molecule has 0 radical (unpaired) electrons. The number of ether oxygens (including phenoxy) is 1. The van der Waals surface area contributed by atoms with Crippen molar-refractivity contribution in [3.05, 3.63) is 24.0 Å². The lowest BCUT2D eigenvalue weighted by Crippen LogP contribution is -2.31. The van der Waals surface area contributed by atoms with Crippen molar-refractivity contribution < 1.29 is 17.9 Å². The van der Waals surface area contributed by atoms with E-state index in [0.717, 1.165) is 0 Å². The zero-order chi connectivity index (χ0) is 13.6. The average molecular weight is 269 g/mol. The summed E-state index contributed by atoms with van der Waals surface area (Å²) in [6, 6.07) is 4.29. The summed E-state index contributed by atoms with van der Waals surface area (Å²) in [4.78, 5) is 14.4. The molecule has 0 saturated carbocycles. The van der Waals surface area contributed by atoms with Gasteiger partial charge >= 0.3 is 5.97 Å². The number of carbonyl (C=O) groups is 1. The summed E-state index contributed by atoms with van der Waals surface area (Å²) in [5.74, 6) is -0.691. The Balaban J connectivity index is 2.88. The molecule has 1 rings (SSSR count). The Kier molecular flexibility index (Phi) is 4.76. The largest absolute Gasteiger partial charge is 0.465 e. The third-order valence-electron chi connectivity index (χ3n) is 1.88. The highest BCUT2D eigenvalue weighted by Crippen LogP contribution is 2.11. The van der Waals surface area contributed by atoms with Gasteiger partial charge < -0.3 is 4.74 Å². The first kappa shape index (κ1) is 14.1. The summed E-state index contributed by atoms with van der Waals surface area (Å²) < 4.78 is 30.2. The van der Waals surface area contributed by atoms with E-state index in [1.165, 1.54) is 18.3 Å². The molecule has 1 heterocycles. The van der Waals surface area contributed by atoms with Gasteiger partial charge in [0.15, 0.2) is 5.69 Å². The summed E-state index contributed by atoms with van der Waals surface area (Å²) in [5, 5.41) is 8.75. The fourth-order valence-electron chi connectivity index (χ4n) is 1.14. The predicted molar refractivity (Wildman–Crippen MR) is 60.8 cm³/mol. The molecule has 0 unspecified atom stereocenters. The molecule has 0 spiro atoms. The van der Waals surface area contributed by atoms with E-state index in [1.54, 1.807) is 13.0 Å². The highest BCUT2D eigenvalue weighted by atomic mass is 32.2. The van der Waals surface area contributed by atoms with Crippen molar-refractivity contribution in [2.45, 2.75) is 11.8 Å². The first-order chi connectivity index (χ1) is 8.51. The van der Waals surface area contributed by atoms with Crippen LogP contribution in [0.2, 0.25) is 0 Å². The van der Waals surface area contributed by atoms with Crippen LogP contribution in [0.15, 0.2) is 23.2 Å². The van der Waals surface area contributed by atoms with Crippen molar-refractivity contribution in [3.63, 3.8) is 0 Å². The number of carbonyl (C=O) groups excluding carboxylic acids is 1. The fourth-order valence-corrected chi connectivity index (χ4v) is 2.21. The van der Waals surface area contributed by atoms with Gasteiger partial charge in [-0.15, -0.1) is 0 Å². The van der Waals surface area contributed by atoms with Gasteiger partial charge in [0, 0.05) is 6.20 Å². The maximum atomic E-state index is 11.8. The van der Waals surface area contributed by atoms with Crippen LogP contribution in [0, 0.1) is 11.3 Å². The van der Waals surface area contributed by atoms with Crippen molar-refractivity contribution in [3.8, 4) is 6.07 Å². The summed E-state index contributed by atoms with van der Waals surface area (Å²) in [5.41, 5.74) is -0.228. The van der Waals surface area contributed by atoms with Crippen LogP contribution in [0.4, 0.5) is 0 Å². The molecule has 8 heteroatoms.